The molecule has 1 aromatic carbocycles. The van der Waals surface area contributed by atoms with Crippen molar-refractivity contribution in [1.29, 1.82) is 0 Å². The molecule has 2 aromatic heterocycles. The topological polar surface area (TPSA) is 54.5 Å². The number of hydrogen-bond acceptors (Lipinski definition) is 3. The van der Waals surface area contributed by atoms with Gasteiger partial charge in [-0.05, 0) is 17.5 Å². The molecule has 2 heterocycles. The summed E-state index contributed by atoms with van der Waals surface area (Å²) in [5.74, 6) is 1.35. The van der Waals surface area contributed by atoms with Gasteiger partial charge in [0.2, 0.25) is 0 Å². The molecule has 0 fully saturated rings. The molecular weight excluding hydrogens is 224 g/mol. The van der Waals surface area contributed by atoms with Crippen LogP contribution < -0.4 is 0 Å². The number of imidazole rings is 1. The number of nitrogens with one attached hydrogen (secondary N) is 1. The van der Waals surface area contributed by atoms with E-state index in [1.165, 1.54) is 11.9 Å². The lowest BCUT2D eigenvalue weighted by atomic mass is 10.0. The summed E-state index contributed by atoms with van der Waals surface area (Å²) in [6, 6.07) is 8.41. The molecule has 0 amide bonds. The van der Waals surface area contributed by atoms with E-state index in [1.54, 1.807) is 6.20 Å². The number of aromatic nitrogens is 4. The van der Waals surface area contributed by atoms with Crippen molar-refractivity contribution < 1.29 is 0 Å². The van der Waals surface area contributed by atoms with Crippen LogP contribution in [0.2, 0.25) is 0 Å². The minimum Gasteiger partial charge on any atom is -0.335 e. The highest BCUT2D eigenvalue weighted by Gasteiger charge is 2.07. The third-order valence-electron chi connectivity index (χ3n) is 2.99. The van der Waals surface area contributed by atoms with Gasteiger partial charge in [-0.15, -0.1) is 0 Å². The molecular formula is C14H14N4. The maximum atomic E-state index is 4.48. The summed E-state index contributed by atoms with van der Waals surface area (Å²) in [5, 5.41) is 0. The molecule has 18 heavy (non-hydrogen) atoms. The molecule has 4 heteroatoms. The van der Waals surface area contributed by atoms with Crippen LogP contribution in [0.1, 0.15) is 25.3 Å². The first-order valence-corrected chi connectivity index (χ1v) is 6.00. The smallest absolute Gasteiger partial charge is 0.181 e. The lowest BCUT2D eigenvalue weighted by molar-refractivity contribution is 0.867. The highest BCUT2D eigenvalue weighted by atomic mass is 15.0. The third-order valence-corrected chi connectivity index (χ3v) is 2.99. The number of H-pyrrole nitrogens is 1. The van der Waals surface area contributed by atoms with E-state index < -0.39 is 0 Å². The average molecular weight is 238 g/mol. The number of nitrogens with zero attached hydrogens (tertiary/aromatic N) is 3. The summed E-state index contributed by atoms with van der Waals surface area (Å²) in [6.45, 7) is 4.37. The molecule has 0 atom stereocenters. The fourth-order valence-corrected chi connectivity index (χ4v) is 1.94. The van der Waals surface area contributed by atoms with E-state index in [1.807, 2.05) is 0 Å². The number of aromatic amines is 1. The molecule has 0 spiro atoms. The van der Waals surface area contributed by atoms with E-state index in [0.29, 0.717) is 11.6 Å². The van der Waals surface area contributed by atoms with Crippen LogP contribution in [0, 0.1) is 0 Å². The highest BCUT2D eigenvalue weighted by Crippen LogP contribution is 2.23. The largest absolute Gasteiger partial charge is 0.335 e. The quantitative estimate of drug-likeness (QED) is 0.746. The van der Waals surface area contributed by atoms with E-state index in [2.05, 4.69) is 58.0 Å². The second kappa shape index (κ2) is 4.22. The van der Waals surface area contributed by atoms with Crippen LogP contribution in [0.15, 0.2) is 36.8 Å². The molecule has 0 aliphatic rings. The van der Waals surface area contributed by atoms with Crippen LogP contribution in [0.25, 0.3) is 22.6 Å². The Hall–Kier alpha value is -2.23. The molecule has 0 aliphatic heterocycles. The molecule has 3 aromatic rings. The molecule has 3 rings (SSSR count). The van der Waals surface area contributed by atoms with Crippen LogP contribution in [0.5, 0.6) is 0 Å². The van der Waals surface area contributed by atoms with Gasteiger partial charge in [0.1, 0.15) is 17.7 Å². The third kappa shape index (κ3) is 1.86. The molecule has 4 nitrogen and oxygen atoms in total. The van der Waals surface area contributed by atoms with Gasteiger partial charge in [0.25, 0.3) is 0 Å². The maximum absolute atomic E-state index is 4.48. The fourth-order valence-electron chi connectivity index (χ4n) is 1.94. The Morgan fingerprint density at radius 1 is 1.22 bits per heavy atom. The number of fused-ring (bicyclic) bond motifs is 1. The molecule has 0 bridgehead atoms. The first-order valence-electron chi connectivity index (χ1n) is 6.00. The van der Waals surface area contributed by atoms with Gasteiger partial charge in [-0.25, -0.2) is 15.0 Å². The number of rotatable bonds is 2. The van der Waals surface area contributed by atoms with Gasteiger partial charge in [-0.1, -0.05) is 32.0 Å². The molecule has 0 aliphatic carbocycles. The van der Waals surface area contributed by atoms with Crippen molar-refractivity contribution in [2.45, 2.75) is 19.8 Å². The Labute approximate surface area is 105 Å². The Morgan fingerprint density at radius 3 is 2.89 bits per heavy atom. The number of benzene rings is 1. The van der Waals surface area contributed by atoms with Gasteiger partial charge in [0.05, 0.1) is 6.20 Å². The fraction of sp³-hybridized carbons (Fsp3) is 0.214. The van der Waals surface area contributed by atoms with Crippen molar-refractivity contribution in [2.24, 2.45) is 0 Å². The lowest BCUT2D eigenvalue weighted by Gasteiger charge is -2.06. The summed E-state index contributed by atoms with van der Waals surface area (Å²) in [5.41, 5.74) is 3.95. The van der Waals surface area contributed by atoms with E-state index in [4.69, 9.17) is 0 Å². The second-order valence-electron chi connectivity index (χ2n) is 4.63. The maximum Gasteiger partial charge on any atom is 0.181 e. The summed E-state index contributed by atoms with van der Waals surface area (Å²) in [4.78, 5) is 15.8. The van der Waals surface area contributed by atoms with Crippen LogP contribution in [-0.4, -0.2) is 19.9 Å². The molecule has 0 saturated heterocycles. The Balaban J connectivity index is 2.11. The molecule has 0 saturated carbocycles. The molecule has 0 radical (unpaired) electrons. The first-order chi connectivity index (χ1) is 8.74. The Bertz CT molecular complexity index is 652. The number of hydrogen-bond donors (Lipinski definition) is 1. The lowest BCUT2D eigenvalue weighted by Crippen LogP contribution is -1.88. The Kier molecular flexibility index (Phi) is 2.55. The van der Waals surface area contributed by atoms with Crippen LogP contribution in [0.4, 0.5) is 0 Å². The van der Waals surface area contributed by atoms with Crippen molar-refractivity contribution in [1.82, 2.24) is 19.9 Å². The Morgan fingerprint density at radius 2 is 2.11 bits per heavy atom. The average Bonchev–Trinajstić information content (AvgIpc) is 2.82. The molecule has 90 valence electrons. The summed E-state index contributed by atoms with van der Waals surface area (Å²) < 4.78 is 0. The summed E-state index contributed by atoms with van der Waals surface area (Å²) >= 11 is 0. The normalized spacial score (nSPS) is 11.3. The van der Waals surface area contributed by atoms with Crippen molar-refractivity contribution in [3.63, 3.8) is 0 Å². The van der Waals surface area contributed by atoms with Gasteiger partial charge in [-0.3, -0.25) is 0 Å². The standard InChI is InChI=1S/C14H14N4/c1-9(2)10-4-3-5-11(6-10)13-17-12-7-15-8-16-14(12)18-13/h3-9H,1-2H3,(H,15,16,17,18). The first kappa shape index (κ1) is 10.9. The SMILES string of the molecule is CC(C)c1cccc(-c2nc3ncncc3[nH]2)c1. The minimum absolute atomic E-state index is 0.508. The minimum atomic E-state index is 0.508. The second-order valence-corrected chi connectivity index (χ2v) is 4.63. The zero-order valence-electron chi connectivity index (χ0n) is 10.4. The summed E-state index contributed by atoms with van der Waals surface area (Å²) in [6.07, 6.45) is 3.25. The zero-order valence-corrected chi connectivity index (χ0v) is 10.4. The summed E-state index contributed by atoms with van der Waals surface area (Å²) in [7, 11) is 0. The van der Waals surface area contributed by atoms with Crippen molar-refractivity contribution >= 4 is 11.2 Å². The van der Waals surface area contributed by atoms with E-state index in [9.17, 15) is 0 Å². The van der Waals surface area contributed by atoms with Crippen molar-refractivity contribution in [3.8, 4) is 11.4 Å². The van der Waals surface area contributed by atoms with Gasteiger partial charge >= 0.3 is 0 Å². The van der Waals surface area contributed by atoms with Gasteiger partial charge in [-0.2, -0.15) is 0 Å². The van der Waals surface area contributed by atoms with Crippen molar-refractivity contribution in [3.05, 3.63) is 42.4 Å². The van der Waals surface area contributed by atoms with Crippen LogP contribution in [-0.2, 0) is 0 Å². The highest BCUT2D eigenvalue weighted by molar-refractivity contribution is 5.74. The van der Waals surface area contributed by atoms with Gasteiger partial charge < -0.3 is 4.98 Å². The zero-order chi connectivity index (χ0) is 12.5. The molecule has 0 unspecified atom stereocenters. The molecule has 1 N–H and O–H groups in total. The van der Waals surface area contributed by atoms with Crippen LogP contribution >= 0.6 is 0 Å². The monoisotopic (exact) mass is 238 g/mol. The van der Waals surface area contributed by atoms with Crippen molar-refractivity contribution in [2.75, 3.05) is 0 Å². The van der Waals surface area contributed by atoms with E-state index in [0.717, 1.165) is 16.9 Å². The van der Waals surface area contributed by atoms with E-state index in [-0.39, 0.29) is 0 Å². The van der Waals surface area contributed by atoms with Gasteiger partial charge in [0, 0.05) is 5.56 Å². The van der Waals surface area contributed by atoms with E-state index >= 15 is 0 Å². The predicted octanol–water partition coefficient (Wildman–Crippen LogP) is 3.14. The predicted molar refractivity (Wildman–Crippen MR) is 71.2 cm³/mol. The van der Waals surface area contributed by atoms with Gasteiger partial charge in [0.15, 0.2) is 5.65 Å². The van der Waals surface area contributed by atoms with Crippen LogP contribution in [0.3, 0.4) is 0 Å².